The highest BCUT2D eigenvalue weighted by Crippen LogP contribution is 2.18. The Hall–Kier alpha value is -1.65. The van der Waals surface area contributed by atoms with E-state index in [1.807, 2.05) is 55.4 Å². The van der Waals surface area contributed by atoms with Crippen LogP contribution in [-0.2, 0) is 13.1 Å². The molecule has 0 spiro atoms. The van der Waals surface area contributed by atoms with E-state index in [1.54, 1.807) is 0 Å². The van der Waals surface area contributed by atoms with Crippen LogP contribution in [0, 0.1) is 0 Å². The lowest BCUT2D eigenvalue weighted by Gasteiger charge is -2.18. The maximum absolute atomic E-state index is 6.15. The second-order valence-electron chi connectivity index (χ2n) is 4.36. The zero-order valence-corrected chi connectivity index (χ0v) is 11.9. The average molecular weight is 277 g/mol. The Morgan fingerprint density at radius 2 is 1.95 bits per heavy atom. The molecule has 1 aromatic carbocycles. The largest absolute Gasteiger partial charge is 0.354 e. The number of anilines is 1. The van der Waals surface area contributed by atoms with E-state index in [1.165, 1.54) is 0 Å². The van der Waals surface area contributed by atoms with Crippen LogP contribution < -0.4 is 10.2 Å². The van der Waals surface area contributed by atoms with Gasteiger partial charge in [0, 0.05) is 25.2 Å². The summed E-state index contributed by atoms with van der Waals surface area (Å²) in [5, 5.41) is 12.2. The van der Waals surface area contributed by atoms with Gasteiger partial charge in [-0.3, -0.25) is 0 Å². The van der Waals surface area contributed by atoms with Gasteiger partial charge in [-0.1, -0.05) is 29.8 Å². The fourth-order valence-electron chi connectivity index (χ4n) is 1.79. The zero-order valence-electron chi connectivity index (χ0n) is 11.1. The van der Waals surface area contributed by atoms with Crippen LogP contribution in [0.25, 0.3) is 0 Å². The lowest BCUT2D eigenvalue weighted by Crippen LogP contribution is -2.19. The van der Waals surface area contributed by atoms with Crippen LogP contribution in [0.1, 0.15) is 11.3 Å². The Bertz CT molecular complexity index is 527. The van der Waals surface area contributed by atoms with Crippen molar-refractivity contribution in [3.8, 4) is 0 Å². The number of nitrogens with zero attached hydrogens (tertiary/aromatic N) is 3. The molecule has 0 radical (unpaired) electrons. The molecule has 0 aliphatic rings. The monoisotopic (exact) mass is 276 g/mol. The number of hydrogen-bond donors (Lipinski definition) is 1. The minimum Gasteiger partial charge on any atom is -0.354 e. The van der Waals surface area contributed by atoms with Gasteiger partial charge in [0.1, 0.15) is 0 Å². The first-order valence-electron chi connectivity index (χ1n) is 6.12. The van der Waals surface area contributed by atoms with E-state index >= 15 is 0 Å². The van der Waals surface area contributed by atoms with Crippen molar-refractivity contribution >= 4 is 17.4 Å². The summed E-state index contributed by atoms with van der Waals surface area (Å²) >= 11 is 6.15. The molecule has 19 heavy (non-hydrogen) atoms. The summed E-state index contributed by atoms with van der Waals surface area (Å²) in [6.07, 6.45) is 0. The van der Waals surface area contributed by atoms with Crippen molar-refractivity contribution in [3.05, 3.63) is 52.7 Å². The summed E-state index contributed by atoms with van der Waals surface area (Å²) in [6.45, 7) is 1.43. The van der Waals surface area contributed by atoms with Gasteiger partial charge in [0.25, 0.3) is 0 Å². The average Bonchev–Trinajstić information content (AvgIpc) is 2.42. The van der Waals surface area contributed by atoms with E-state index in [9.17, 15) is 0 Å². The summed E-state index contributed by atoms with van der Waals surface area (Å²) in [4.78, 5) is 2.03. The maximum atomic E-state index is 6.15. The highest BCUT2D eigenvalue weighted by molar-refractivity contribution is 6.31. The number of nitrogens with one attached hydrogen (secondary N) is 1. The van der Waals surface area contributed by atoms with Crippen molar-refractivity contribution < 1.29 is 0 Å². The normalized spacial score (nSPS) is 10.5. The number of rotatable bonds is 5. The summed E-state index contributed by atoms with van der Waals surface area (Å²) in [5.41, 5.74) is 2.00. The summed E-state index contributed by atoms with van der Waals surface area (Å²) in [6, 6.07) is 11.8. The first kappa shape index (κ1) is 13.8. The molecule has 0 saturated heterocycles. The van der Waals surface area contributed by atoms with E-state index in [4.69, 9.17) is 11.6 Å². The predicted octanol–water partition coefficient (Wildman–Crippen LogP) is 2.49. The van der Waals surface area contributed by atoms with Crippen LogP contribution in [0.4, 0.5) is 5.82 Å². The second-order valence-corrected chi connectivity index (χ2v) is 4.77. The van der Waals surface area contributed by atoms with Gasteiger partial charge >= 0.3 is 0 Å². The Morgan fingerprint density at radius 1 is 1.16 bits per heavy atom. The first-order valence-corrected chi connectivity index (χ1v) is 6.50. The molecule has 0 bridgehead atoms. The van der Waals surface area contributed by atoms with Gasteiger partial charge < -0.3 is 10.2 Å². The molecule has 0 amide bonds. The topological polar surface area (TPSA) is 41.0 Å². The molecule has 5 heteroatoms. The smallest absolute Gasteiger partial charge is 0.151 e. The lowest BCUT2D eigenvalue weighted by molar-refractivity contribution is 0.759. The molecule has 0 aliphatic heterocycles. The summed E-state index contributed by atoms with van der Waals surface area (Å²) in [7, 11) is 3.87. The van der Waals surface area contributed by atoms with E-state index < -0.39 is 0 Å². The molecule has 2 rings (SSSR count). The highest BCUT2D eigenvalue weighted by Gasteiger charge is 2.06. The molecule has 100 valence electrons. The number of hydrogen-bond acceptors (Lipinski definition) is 4. The Labute approximate surface area is 118 Å². The van der Waals surface area contributed by atoms with Crippen LogP contribution in [0.15, 0.2) is 36.4 Å². The fraction of sp³-hybridized carbons (Fsp3) is 0.286. The Morgan fingerprint density at radius 3 is 2.58 bits per heavy atom. The molecular weight excluding hydrogens is 260 g/mol. The van der Waals surface area contributed by atoms with Gasteiger partial charge in [-0.15, -0.1) is 5.10 Å². The summed E-state index contributed by atoms with van der Waals surface area (Å²) in [5.74, 6) is 0.833. The van der Waals surface area contributed by atoms with Crippen molar-refractivity contribution in [1.82, 2.24) is 15.5 Å². The van der Waals surface area contributed by atoms with Crippen LogP contribution in [0.3, 0.4) is 0 Å². The van der Waals surface area contributed by atoms with Crippen LogP contribution in [-0.4, -0.2) is 24.3 Å². The minimum atomic E-state index is 0.708. The van der Waals surface area contributed by atoms with E-state index in [0.717, 1.165) is 28.6 Å². The van der Waals surface area contributed by atoms with E-state index in [-0.39, 0.29) is 0 Å². The van der Waals surface area contributed by atoms with Gasteiger partial charge in [-0.2, -0.15) is 5.10 Å². The number of halogens is 1. The Kier molecular flexibility index (Phi) is 4.71. The fourth-order valence-corrected chi connectivity index (χ4v) is 1.99. The number of benzene rings is 1. The third-order valence-electron chi connectivity index (χ3n) is 2.82. The molecule has 0 atom stereocenters. The molecule has 0 aliphatic carbocycles. The molecule has 2 aromatic rings. The quantitative estimate of drug-likeness (QED) is 0.911. The standard InChI is InChI=1S/C14H17ClN4/c1-16-9-12-7-8-14(18-17-12)19(2)10-11-5-3-4-6-13(11)15/h3-8,16H,9-10H2,1-2H3. The molecule has 0 fully saturated rings. The SMILES string of the molecule is CNCc1ccc(N(C)Cc2ccccc2Cl)nn1. The van der Waals surface area contributed by atoms with Crippen LogP contribution in [0.5, 0.6) is 0 Å². The first-order chi connectivity index (χ1) is 9.20. The van der Waals surface area contributed by atoms with Gasteiger partial charge in [0.05, 0.1) is 5.69 Å². The third kappa shape index (κ3) is 3.66. The van der Waals surface area contributed by atoms with E-state index in [2.05, 4.69) is 15.5 Å². The van der Waals surface area contributed by atoms with Gasteiger partial charge in [-0.05, 0) is 30.8 Å². The van der Waals surface area contributed by atoms with Crippen LogP contribution in [0.2, 0.25) is 5.02 Å². The van der Waals surface area contributed by atoms with Crippen molar-refractivity contribution in [3.63, 3.8) is 0 Å². The maximum Gasteiger partial charge on any atom is 0.151 e. The van der Waals surface area contributed by atoms with Crippen molar-refractivity contribution in [2.75, 3.05) is 19.0 Å². The van der Waals surface area contributed by atoms with Crippen LogP contribution >= 0.6 is 11.6 Å². The van der Waals surface area contributed by atoms with Gasteiger partial charge in [0.15, 0.2) is 5.82 Å². The number of aromatic nitrogens is 2. The third-order valence-corrected chi connectivity index (χ3v) is 3.19. The van der Waals surface area contributed by atoms with Crippen molar-refractivity contribution in [2.45, 2.75) is 13.1 Å². The lowest BCUT2D eigenvalue weighted by atomic mass is 10.2. The molecule has 1 aromatic heterocycles. The minimum absolute atomic E-state index is 0.708. The summed E-state index contributed by atoms with van der Waals surface area (Å²) < 4.78 is 0. The Balaban J connectivity index is 2.07. The molecular formula is C14H17ClN4. The molecule has 4 nitrogen and oxygen atoms in total. The second kappa shape index (κ2) is 6.50. The molecule has 1 heterocycles. The molecule has 0 saturated carbocycles. The van der Waals surface area contributed by atoms with Crippen molar-refractivity contribution in [1.29, 1.82) is 0 Å². The van der Waals surface area contributed by atoms with Gasteiger partial charge in [0.2, 0.25) is 0 Å². The predicted molar refractivity (Wildman–Crippen MR) is 78.4 cm³/mol. The zero-order chi connectivity index (χ0) is 13.7. The molecule has 1 N–H and O–H groups in total. The van der Waals surface area contributed by atoms with Crippen molar-refractivity contribution in [2.24, 2.45) is 0 Å². The highest BCUT2D eigenvalue weighted by atomic mass is 35.5. The van der Waals surface area contributed by atoms with E-state index in [0.29, 0.717) is 6.54 Å². The molecule has 0 unspecified atom stereocenters. The van der Waals surface area contributed by atoms with Gasteiger partial charge in [-0.25, -0.2) is 0 Å².